The Labute approximate surface area is 156 Å². The summed E-state index contributed by atoms with van der Waals surface area (Å²) in [6.45, 7) is 5.76. The molecule has 1 heterocycles. The third-order valence-electron chi connectivity index (χ3n) is 4.66. The molecular weight excluding hydrogens is 330 g/mol. The lowest BCUT2D eigenvalue weighted by Gasteiger charge is -2.33. The molecule has 1 rings (SSSR count). The second-order valence-electron chi connectivity index (χ2n) is 7.48. The van der Waals surface area contributed by atoms with Crippen molar-refractivity contribution in [2.45, 2.75) is 65.0 Å². The molecule has 1 aromatic rings. The molecule has 0 aliphatic heterocycles. The third kappa shape index (κ3) is 7.12. The van der Waals surface area contributed by atoms with Crippen LogP contribution in [-0.2, 0) is 16.0 Å². The third-order valence-corrected chi connectivity index (χ3v) is 4.66. The molecule has 0 aromatic carbocycles. The van der Waals surface area contributed by atoms with Crippen LogP contribution in [0.5, 0.6) is 0 Å². The molecule has 0 aliphatic carbocycles. The number of pyridine rings is 1. The van der Waals surface area contributed by atoms with Gasteiger partial charge in [-0.25, -0.2) is 0 Å². The molecule has 26 heavy (non-hydrogen) atoms. The number of aryl methyl sites for hydroxylation is 1. The molecule has 0 aliphatic rings. The Morgan fingerprint density at radius 1 is 1.23 bits per heavy atom. The molecule has 0 bridgehead atoms. The molecular formula is C20H33N3O3. The molecule has 1 aromatic heterocycles. The van der Waals surface area contributed by atoms with Crippen molar-refractivity contribution in [3.05, 3.63) is 30.1 Å². The van der Waals surface area contributed by atoms with Gasteiger partial charge >= 0.3 is 0 Å². The number of nitrogens with zero attached hydrogens (tertiary/aromatic N) is 2. The van der Waals surface area contributed by atoms with Crippen LogP contribution in [0.2, 0.25) is 0 Å². The average molecular weight is 364 g/mol. The van der Waals surface area contributed by atoms with E-state index in [9.17, 15) is 14.7 Å². The van der Waals surface area contributed by atoms with E-state index in [0.29, 0.717) is 6.42 Å². The largest absolute Gasteiger partial charge is 0.390 e. The number of aromatic nitrogens is 1. The van der Waals surface area contributed by atoms with E-state index in [-0.39, 0.29) is 17.7 Å². The standard InChI is InChI=1S/C20H33N3O3/c1-14(2)13-17(24)23(4)18(20(21)26)19(25)15(3)9-5-6-10-16-11-7-8-12-22-16/h7-8,11-12,14-15,18-19,25H,5-6,9-10,13H2,1-4H3,(H2,21,26)/t15-,18+,19-/m1/s1. The Hall–Kier alpha value is -1.95. The van der Waals surface area contributed by atoms with Crippen molar-refractivity contribution < 1.29 is 14.7 Å². The first-order valence-electron chi connectivity index (χ1n) is 9.37. The summed E-state index contributed by atoms with van der Waals surface area (Å²) in [5.41, 5.74) is 6.53. The van der Waals surface area contributed by atoms with E-state index in [2.05, 4.69) is 4.98 Å². The summed E-state index contributed by atoms with van der Waals surface area (Å²) in [5.74, 6) is -0.798. The Bertz CT molecular complexity index is 563. The predicted octanol–water partition coefficient (Wildman–Crippen LogP) is 2.15. The highest BCUT2D eigenvalue weighted by molar-refractivity contribution is 5.87. The van der Waals surface area contributed by atoms with Crippen molar-refractivity contribution in [3.8, 4) is 0 Å². The Balaban J connectivity index is 2.54. The van der Waals surface area contributed by atoms with Crippen LogP contribution in [0.3, 0.4) is 0 Å². The number of aliphatic hydroxyl groups excluding tert-OH is 1. The number of nitrogens with two attached hydrogens (primary N) is 1. The van der Waals surface area contributed by atoms with E-state index in [4.69, 9.17) is 5.73 Å². The first-order chi connectivity index (χ1) is 12.2. The van der Waals surface area contributed by atoms with Crippen LogP contribution in [0.1, 0.15) is 52.1 Å². The zero-order valence-corrected chi connectivity index (χ0v) is 16.4. The number of carbonyl (C=O) groups excluding carboxylic acids is 2. The van der Waals surface area contributed by atoms with Crippen LogP contribution in [-0.4, -0.2) is 46.0 Å². The monoisotopic (exact) mass is 363 g/mol. The summed E-state index contributed by atoms with van der Waals surface area (Å²) in [5, 5.41) is 10.6. The zero-order chi connectivity index (χ0) is 19.7. The van der Waals surface area contributed by atoms with Gasteiger partial charge in [0.25, 0.3) is 0 Å². The summed E-state index contributed by atoms with van der Waals surface area (Å²) in [7, 11) is 1.54. The highest BCUT2D eigenvalue weighted by Crippen LogP contribution is 2.20. The summed E-state index contributed by atoms with van der Waals surface area (Å²) in [4.78, 5) is 29.7. The maximum atomic E-state index is 12.2. The molecule has 146 valence electrons. The minimum Gasteiger partial charge on any atom is -0.390 e. The van der Waals surface area contributed by atoms with Gasteiger partial charge in [0.05, 0.1) is 6.10 Å². The number of carbonyl (C=O) groups is 2. The minimum atomic E-state index is -0.993. The topological polar surface area (TPSA) is 96.5 Å². The molecule has 0 radical (unpaired) electrons. The predicted molar refractivity (Wildman–Crippen MR) is 102 cm³/mol. The Morgan fingerprint density at radius 2 is 1.92 bits per heavy atom. The van der Waals surface area contributed by atoms with Crippen molar-refractivity contribution in [2.24, 2.45) is 17.6 Å². The number of amides is 2. The highest BCUT2D eigenvalue weighted by Gasteiger charge is 2.34. The molecule has 0 saturated heterocycles. The van der Waals surface area contributed by atoms with E-state index in [1.807, 2.05) is 39.0 Å². The fourth-order valence-electron chi connectivity index (χ4n) is 3.04. The van der Waals surface area contributed by atoms with Gasteiger partial charge in [-0.2, -0.15) is 0 Å². The molecule has 6 heteroatoms. The van der Waals surface area contributed by atoms with Crippen molar-refractivity contribution in [3.63, 3.8) is 0 Å². The molecule has 0 saturated carbocycles. The van der Waals surface area contributed by atoms with Crippen molar-refractivity contribution in [2.75, 3.05) is 7.05 Å². The fraction of sp³-hybridized carbons (Fsp3) is 0.650. The Morgan fingerprint density at radius 3 is 2.46 bits per heavy atom. The first-order valence-corrected chi connectivity index (χ1v) is 9.37. The molecule has 3 atom stereocenters. The average Bonchev–Trinajstić information content (AvgIpc) is 2.58. The van der Waals surface area contributed by atoms with E-state index in [1.165, 1.54) is 11.9 Å². The number of unbranched alkanes of at least 4 members (excludes halogenated alkanes) is 1. The highest BCUT2D eigenvalue weighted by atomic mass is 16.3. The quantitative estimate of drug-likeness (QED) is 0.589. The van der Waals surface area contributed by atoms with Gasteiger partial charge in [-0.1, -0.05) is 33.3 Å². The van der Waals surface area contributed by atoms with E-state index in [0.717, 1.165) is 31.4 Å². The summed E-state index contributed by atoms with van der Waals surface area (Å²) >= 11 is 0. The van der Waals surface area contributed by atoms with Gasteiger partial charge in [0.2, 0.25) is 11.8 Å². The van der Waals surface area contributed by atoms with Crippen LogP contribution < -0.4 is 5.73 Å². The van der Waals surface area contributed by atoms with E-state index < -0.39 is 18.1 Å². The maximum absolute atomic E-state index is 12.2. The normalized spacial score (nSPS) is 14.7. The molecule has 3 N–H and O–H groups in total. The van der Waals surface area contributed by atoms with Crippen LogP contribution in [0.25, 0.3) is 0 Å². The molecule has 0 spiro atoms. The SMILES string of the molecule is CC(C)CC(=O)N(C)[C@H](C(N)=O)[C@H](O)[C@H](C)CCCCc1ccccn1. The van der Waals surface area contributed by atoms with Crippen LogP contribution in [0, 0.1) is 11.8 Å². The lowest BCUT2D eigenvalue weighted by atomic mass is 9.91. The van der Waals surface area contributed by atoms with Gasteiger partial charge in [-0.3, -0.25) is 14.6 Å². The van der Waals surface area contributed by atoms with Gasteiger partial charge < -0.3 is 15.7 Å². The van der Waals surface area contributed by atoms with Crippen LogP contribution in [0.15, 0.2) is 24.4 Å². The van der Waals surface area contributed by atoms with Gasteiger partial charge in [0.15, 0.2) is 0 Å². The lowest BCUT2D eigenvalue weighted by molar-refractivity contribution is -0.143. The lowest BCUT2D eigenvalue weighted by Crippen LogP contribution is -2.54. The van der Waals surface area contributed by atoms with Crippen LogP contribution in [0.4, 0.5) is 0 Å². The molecule has 2 amide bonds. The second kappa shape index (κ2) is 10.9. The van der Waals surface area contributed by atoms with Gasteiger partial charge in [0.1, 0.15) is 6.04 Å². The smallest absolute Gasteiger partial charge is 0.242 e. The number of likely N-dealkylation sites (N-methyl/N-ethyl adjacent to an activating group) is 1. The number of hydrogen-bond donors (Lipinski definition) is 2. The summed E-state index contributed by atoms with van der Waals surface area (Å²) in [6, 6.07) is 4.86. The van der Waals surface area contributed by atoms with Crippen molar-refractivity contribution >= 4 is 11.8 Å². The van der Waals surface area contributed by atoms with Gasteiger partial charge in [-0.05, 0) is 43.2 Å². The zero-order valence-electron chi connectivity index (χ0n) is 16.4. The van der Waals surface area contributed by atoms with E-state index in [1.54, 1.807) is 6.20 Å². The van der Waals surface area contributed by atoms with Crippen LogP contribution >= 0.6 is 0 Å². The second-order valence-corrected chi connectivity index (χ2v) is 7.48. The number of rotatable bonds is 11. The number of hydrogen-bond acceptors (Lipinski definition) is 4. The maximum Gasteiger partial charge on any atom is 0.242 e. The molecule has 0 unspecified atom stereocenters. The fourth-order valence-corrected chi connectivity index (χ4v) is 3.04. The summed E-state index contributed by atoms with van der Waals surface area (Å²) in [6.07, 6.45) is 4.64. The minimum absolute atomic E-state index is 0.134. The van der Waals surface area contributed by atoms with Crippen molar-refractivity contribution in [1.29, 1.82) is 0 Å². The molecule has 0 fully saturated rings. The van der Waals surface area contributed by atoms with Gasteiger partial charge in [0, 0.05) is 25.4 Å². The number of aliphatic hydroxyl groups is 1. The summed E-state index contributed by atoms with van der Waals surface area (Å²) < 4.78 is 0. The van der Waals surface area contributed by atoms with Crippen molar-refractivity contribution in [1.82, 2.24) is 9.88 Å². The Kier molecular flexibility index (Phi) is 9.27. The number of primary amides is 1. The molecule has 6 nitrogen and oxygen atoms in total. The van der Waals surface area contributed by atoms with E-state index >= 15 is 0 Å². The van der Waals surface area contributed by atoms with Gasteiger partial charge in [-0.15, -0.1) is 0 Å². The first kappa shape index (κ1) is 22.1.